The van der Waals surface area contributed by atoms with Gasteiger partial charge in [-0.3, -0.25) is 4.79 Å². The van der Waals surface area contributed by atoms with Gasteiger partial charge in [0.15, 0.2) is 0 Å². The lowest BCUT2D eigenvalue weighted by Gasteiger charge is -2.32. The molecule has 9 heteroatoms. The van der Waals surface area contributed by atoms with Crippen LogP contribution in [-0.4, -0.2) is 71.8 Å². The van der Waals surface area contributed by atoms with Crippen LogP contribution in [0, 0.1) is 0 Å². The molecule has 2 saturated heterocycles. The van der Waals surface area contributed by atoms with Crippen molar-refractivity contribution in [3.63, 3.8) is 0 Å². The molecule has 188 valence electrons. The number of nitrogens with zero attached hydrogens (tertiary/aromatic N) is 4. The van der Waals surface area contributed by atoms with Crippen LogP contribution in [0.15, 0.2) is 23.1 Å². The number of piperidine rings is 1. The molecule has 34 heavy (non-hydrogen) atoms. The molecule has 8 nitrogen and oxygen atoms in total. The fraction of sp³-hybridized carbons (Fsp3) is 0.680. The average molecular weight is 490 g/mol. The molecule has 4 rings (SSSR count). The zero-order chi connectivity index (χ0) is 24.1. The molecule has 0 radical (unpaired) electrons. The topological polar surface area (TPSA) is 87.5 Å². The number of carbonyl (C=O) groups excluding carboxylic acids is 1. The zero-order valence-electron chi connectivity index (χ0n) is 20.6. The van der Waals surface area contributed by atoms with E-state index in [1.807, 2.05) is 6.07 Å². The summed E-state index contributed by atoms with van der Waals surface area (Å²) in [5.74, 6) is 0.918. The number of sulfonamides is 1. The minimum atomic E-state index is -3.48. The number of rotatable bonds is 10. The zero-order valence-corrected chi connectivity index (χ0v) is 21.4. The first kappa shape index (κ1) is 25.1. The van der Waals surface area contributed by atoms with Crippen LogP contribution in [0.25, 0.3) is 11.0 Å². The quantitative estimate of drug-likeness (QED) is 0.554. The number of amides is 1. The highest BCUT2D eigenvalue weighted by Crippen LogP contribution is 2.26. The minimum Gasteiger partial charge on any atom is -0.353 e. The fourth-order valence-electron chi connectivity index (χ4n) is 5.20. The predicted octanol–water partition coefficient (Wildman–Crippen LogP) is 3.15. The summed E-state index contributed by atoms with van der Waals surface area (Å²) in [4.78, 5) is 20.2. The Kier molecular flexibility index (Phi) is 8.26. The monoisotopic (exact) mass is 489 g/mol. The Labute approximate surface area is 203 Å². The summed E-state index contributed by atoms with van der Waals surface area (Å²) in [7, 11) is -3.48. The van der Waals surface area contributed by atoms with Crippen molar-refractivity contribution >= 4 is 27.0 Å². The second kappa shape index (κ2) is 11.2. The van der Waals surface area contributed by atoms with Gasteiger partial charge >= 0.3 is 0 Å². The first-order valence-corrected chi connectivity index (χ1v) is 14.4. The molecular weight excluding hydrogens is 450 g/mol. The van der Waals surface area contributed by atoms with Crippen LogP contribution in [0.5, 0.6) is 0 Å². The highest BCUT2D eigenvalue weighted by atomic mass is 32.2. The molecule has 2 aliphatic rings. The standard InChI is InChI=1S/C25H39N5O3S/c1-3-13-28-17-11-20(12-18-28)26-25(31)10-9-24-27-22-19-21(7-8-23(22)30(24)14-4-2)34(32,33)29-15-5-6-16-29/h7-8,19-20H,3-6,9-18H2,1-2H3,(H,26,31). The summed E-state index contributed by atoms with van der Waals surface area (Å²) in [5, 5.41) is 3.21. The number of hydrogen-bond donors (Lipinski definition) is 1. The summed E-state index contributed by atoms with van der Waals surface area (Å²) in [6.07, 6.45) is 6.89. The third-order valence-corrected chi connectivity index (χ3v) is 8.91. The lowest BCUT2D eigenvalue weighted by atomic mass is 10.0. The number of aryl methyl sites for hydroxylation is 2. The van der Waals surface area contributed by atoms with Crippen molar-refractivity contribution in [1.82, 2.24) is 24.1 Å². The highest BCUT2D eigenvalue weighted by molar-refractivity contribution is 7.89. The predicted molar refractivity (Wildman–Crippen MR) is 134 cm³/mol. The minimum absolute atomic E-state index is 0.0707. The third-order valence-electron chi connectivity index (χ3n) is 7.02. The van der Waals surface area contributed by atoms with Gasteiger partial charge in [0.25, 0.3) is 0 Å². The Hall–Kier alpha value is -1.97. The van der Waals surface area contributed by atoms with E-state index in [9.17, 15) is 13.2 Å². The van der Waals surface area contributed by atoms with Crippen LogP contribution in [0.4, 0.5) is 0 Å². The van der Waals surface area contributed by atoms with E-state index in [4.69, 9.17) is 4.98 Å². The molecule has 0 atom stereocenters. The van der Waals surface area contributed by atoms with E-state index in [0.29, 0.717) is 36.3 Å². The van der Waals surface area contributed by atoms with Crippen molar-refractivity contribution in [2.45, 2.75) is 82.7 Å². The Balaban J connectivity index is 1.43. The molecule has 0 bridgehead atoms. The van der Waals surface area contributed by atoms with Crippen LogP contribution in [0.3, 0.4) is 0 Å². The summed E-state index contributed by atoms with van der Waals surface area (Å²) in [5.41, 5.74) is 1.62. The first-order chi connectivity index (χ1) is 16.4. The second-order valence-corrected chi connectivity index (χ2v) is 11.6. The van der Waals surface area contributed by atoms with E-state index in [1.165, 1.54) is 6.42 Å². The van der Waals surface area contributed by atoms with Crippen molar-refractivity contribution in [2.75, 3.05) is 32.7 Å². The molecule has 0 aliphatic carbocycles. The molecule has 0 unspecified atom stereocenters. The summed E-state index contributed by atoms with van der Waals surface area (Å²) in [6.45, 7) is 9.51. The van der Waals surface area contributed by atoms with E-state index >= 15 is 0 Å². The molecular formula is C25H39N5O3S. The number of benzene rings is 1. The van der Waals surface area contributed by atoms with E-state index in [-0.39, 0.29) is 11.9 Å². The molecule has 2 aliphatic heterocycles. The maximum Gasteiger partial charge on any atom is 0.243 e. The Morgan fingerprint density at radius 2 is 1.76 bits per heavy atom. The van der Waals surface area contributed by atoms with Gasteiger partial charge in [-0.15, -0.1) is 0 Å². The summed E-state index contributed by atoms with van der Waals surface area (Å²) in [6, 6.07) is 5.52. The SMILES string of the molecule is CCCN1CCC(NC(=O)CCc2nc3cc(S(=O)(=O)N4CCCC4)ccc3n2CCC)CC1. The van der Waals surface area contributed by atoms with Gasteiger partial charge < -0.3 is 14.8 Å². The lowest BCUT2D eigenvalue weighted by Crippen LogP contribution is -2.44. The molecule has 3 heterocycles. The average Bonchev–Trinajstić information content (AvgIpc) is 3.48. The largest absolute Gasteiger partial charge is 0.353 e. The number of carbonyl (C=O) groups is 1. The second-order valence-electron chi connectivity index (χ2n) is 9.62. The molecule has 1 aromatic heterocycles. The van der Waals surface area contributed by atoms with E-state index < -0.39 is 10.0 Å². The van der Waals surface area contributed by atoms with Gasteiger partial charge in [-0.2, -0.15) is 4.31 Å². The molecule has 1 aromatic carbocycles. The molecule has 2 fully saturated rings. The maximum absolute atomic E-state index is 13.0. The van der Waals surface area contributed by atoms with Crippen LogP contribution < -0.4 is 5.32 Å². The number of likely N-dealkylation sites (tertiary alicyclic amines) is 1. The Morgan fingerprint density at radius 3 is 2.44 bits per heavy atom. The normalized spacial score (nSPS) is 18.6. The molecule has 2 aromatic rings. The highest BCUT2D eigenvalue weighted by Gasteiger charge is 2.28. The molecule has 1 amide bonds. The van der Waals surface area contributed by atoms with E-state index in [2.05, 4.69) is 28.6 Å². The molecule has 1 N–H and O–H groups in total. The third kappa shape index (κ3) is 5.63. The smallest absolute Gasteiger partial charge is 0.243 e. The van der Waals surface area contributed by atoms with Crippen molar-refractivity contribution in [3.05, 3.63) is 24.0 Å². The van der Waals surface area contributed by atoms with Crippen LogP contribution >= 0.6 is 0 Å². The van der Waals surface area contributed by atoms with Gasteiger partial charge in [-0.25, -0.2) is 13.4 Å². The van der Waals surface area contributed by atoms with Crippen LogP contribution in [-0.2, 0) is 27.8 Å². The lowest BCUT2D eigenvalue weighted by molar-refractivity contribution is -0.122. The van der Waals surface area contributed by atoms with Crippen molar-refractivity contribution < 1.29 is 13.2 Å². The summed E-state index contributed by atoms with van der Waals surface area (Å²) >= 11 is 0. The maximum atomic E-state index is 13.0. The number of hydrogen-bond acceptors (Lipinski definition) is 5. The van der Waals surface area contributed by atoms with Gasteiger partial charge in [0.05, 0.1) is 15.9 Å². The number of nitrogens with one attached hydrogen (secondary N) is 1. The summed E-state index contributed by atoms with van der Waals surface area (Å²) < 4.78 is 29.7. The number of aromatic nitrogens is 2. The van der Waals surface area contributed by atoms with Gasteiger partial charge in [-0.1, -0.05) is 13.8 Å². The van der Waals surface area contributed by atoms with Crippen LogP contribution in [0.1, 0.15) is 64.6 Å². The van der Waals surface area contributed by atoms with Gasteiger partial charge in [0, 0.05) is 51.6 Å². The molecule has 0 saturated carbocycles. The van der Waals surface area contributed by atoms with Gasteiger partial charge in [-0.05, 0) is 63.3 Å². The Morgan fingerprint density at radius 1 is 1.06 bits per heavy atom. The number of fused-ring (bicyclic) bond motifs is 1. The Bertz CT molecular complexity index is 1080. The van der Waals surface area contributed by atoms with Gasteiger partial charge in [0.2, 0.25) is 15.9 Å². The van der Waals surface area contributed by atoms with Crippen molar-refractivity contribution in [3.8, 4) is 0 Å². The van der Waals surface area contributed by atoms with Crippen LogP contribution in [0.2, 0.25) is 0 Å². The van der Waals surface area contributed by atoms with Gasteiger partial charge in [0.1, 0.15) is 5.82 Å². The number of imidazole rings is 1. The molecule has 0 spiro atoms. The van der Waals surface area contributed by atoms with E-state index in [1.54, 1.807) is 16.4 Å². The van der Waals surface area contributed by atoms with Crippen molar-refractivity contribution in [2.24, 2.45) is 0 Å². The van der Waals surface area contributed by atoms with Crippen molar-refractivity contribution in [1.29, 1.82) is 0 Å². The van der Waals surface area contributed by atoms with E-state index in [0.717, 1.165) is 69.6 Å². The first-order valence-electron chi connectivity index (χ1n) is 12.9. The fourth-order valence-corrected chi connectivity index (χ4v) is 6.74.